The predicted octanol–water partition coefficient (Wildman–Crippen LogP) is 1.55. The van der Waals surface area contributed by atoms with E-state index in [2.05, 4.69) is 0 Å². The van der Waals surface area contributed by atoms with Gasteiger partial charge in [-0.2, -0.15) is 0 Å². The van der Waals surface area contributed by atoms with Crippen LogP contribution in [0.4, 0.5) is 0 Å². The summed E-state index contributed by atoms with van der Waals surface area (Å²) in [6, 6.07) is 3.24. The van der Waals surface area contributed by atoms with Crippen LogP contribution in [0.2, 0.25) is 0 Å². The lowest BCUT2D eigenvalue weighted by atomic mass is 10.1. The van der Waals surface area contributed by atoms with Gasteiger partial charge >= 0.3 is 5.97 Å². The molecule has 0 aliphatic heterocycles. The normalized spacial score (nSPS) is 11.3. The lowest BCUT2D eigenvalue weighted by Crippen LogP contribution is -2.31. The third-order valence-corrected chi connectivity index (χ3v) is 3.05. The van der Waals surface area contributed by atoms with Gasteiger partial charge in [-0.3, -0.25) is 9.31 Å². The van der Waals surface area contributed by atoms with Crippen molar-refractivity contribution in [3.05, 3.63) is 34.2 Å². The van der Waals surface area contributed by atoms with Gasteiger partial charge < -0.3 is 10.2 Å². The Morgan fingerprint density at radius 1 is 1.42 bits per heavy atom. The van der Waals surface area contributed by atoms with Crippen LogP contribution in [0.25, 0.3) is 5.52 Å². The number of aromatic carboxylic acids is 1. The number of aryl methyl sites for hydroxylation is 1. The molecule has 0 saturated carbocycles. The fraction of sp³-hybridized carbons (Fsp3) is 0.385. The van der Waals surface area contributed by atoms with Gasteiger partial charge in [0.2, 0.25) is 0 Å². The molecule has 2 rings (SSSR count). The summed E-state index contributed by atoms with van der Waals surface area (Å²) in [6.45, 7) is 4.45. The van der Waals surface area contributed by atoms with Crippen LogP contribution < -0.4 is 5.56 Å². The van der Waals surface area contributed by atoms with E-state index in [1.54, 1.807) is 18.3 Å². The number of aromatic nitrogens is 2. The number of carbonyl (C=O) groups is 1. The highest BCUT2D eigenvalue weighted by Gasteiger charge is 2.21. The molecule has 0 saturated heterocycles. The van der Waals surface area contributed by atoms with Crippen LogP contribution in [0, 0.1) is 5.92 Å². The van der Waals surface area contributed by atoms with Gasteiger partial charge in [0.15, 0.2) is 11.3 Å². The van der Waals surface area contributed by atoms with Gasteiger partial charge in [0, 0.05) is 12.7 Å². The average Bonchev–Trinajstić information content (AvgIpc) is 2.77. The van der Waals surface area contributed by atoms with Crippen LogP contribution in [0.15, 0.2) is 23.1 Å². The number of carboxylic acids is 1. The summed E-state index contributed by atoms with van der Waals surface area (Å²) in [5.74, 6) is -1.51. The molecule has 6 nitrogen and oxygen atoms in total. The number of fused-ring (bicyclic) bond motifs is 1. The van der Waals surface area contributed by atoms with Gasteiger partial charge in [0.25, 0.3) is 5.56 Å². The minimum atomic E-state index is -1.41. The zero-order valence-electron chi connectivity index (χ0n) is 10.8. The molecule has 2 heterocycles. The van der Waals surface area contributed by atoms with Crippen molar-refractivity contribution in [3.63, 3.8) is 0 Å². The van der Waals surface area contributed by atoms with E-state index in [1.165, 1.54) is 9.20 Å². The number of hydrogen-bond acceptors (Lipinski definition) is 3. The molecular weight excluding hydrogens is 248 g/mol. The van der Waals surface area contributed by atoms with Crippen molar-refractivity contribution >= 4 is 11.5 Å². The number of carboxylic acid groups (broad SMARTS) is 1. The Morgan fingerprint density at radius 3 is 2.68 bits per heavy atom. The molecule has 0 atom stereocenters. The average molecular weight is 264 g/mol. The monoisotopic (exact) mass is 264 g/mol. The molecule has 0 amide bonds. The van der Waals surface area contributed by atoms with Gasteiger partial charge in [0.05, 0.1) is 0 Å². The quantitative estimate of drug-likeness (QED) is 0.877. The third-order valence-electron chi connectivity index (χ3n) is 3.05. The lowest BCUT2D eigenvalue weighted by Gasteiger charge is -2.13. The Labute approximate surface area is 109 Å². The first-order valence-corrected chi connectivity index (χ1v) is 6.10. The smallest absolute Gasteiger partial charge is 0.345 e. The van der Waals surface area contributed by atoms with Gasteiger partial charge in [-0.25, -0.2) is 9.48 Å². The standard InChI is InChI=1S/C13H16N2O4/c1-8(2)5-7-15-12(17)10(13(18)19)11(16)9-4-3-6-14(9)15/h3-4,6,8,16H,5,7H2,1-2H3,(H,18,19). The van der Waals surface area contributed by atoms with E-state index in [1.807, 2.05) is 13.8 Å². The largest absolute Gasteiger partial charge is 0.505 e. The van der Waals surface area contributed by atoms with Crippen molar-refractivity contribution < 1.29 is 15.0 Å². The van der Waals surface area contributed by atoms with E-state index in [9.17, 15) is 14.7 Å². The molecule has 0 bridgehead atoms. The summed E-state index contributed by atoms with van der Waals surface area (Å²) in [7, 11) is 0. The van der Waals surface area contributed by atoms with E-state index in [4.69, 9.17) is 5.11 Å². The molecule has 0 aliphatic rings. The first-order chi connectivity index (χ1) is 8.93. The van der Waals surface area contributed by atoms with Crippen LogP contribution in [0.5, 0.6) is 5.75 Å². The molecule has 19 heavy (non-hydrogen) atoms. The molecule has 0 spiro atoms. The van der Waals surface area contributed by atoms with E-state index in [-0.39, 0.29) is 0 Å². The highest BCUT2D eigenvalue weighted by Crippen LogP contribution is 2.21. The van der Waals surface area contributed by atoms with E-state index >= 15 is 0 Å². The Bertz CT molecular complexity index is 682. The topological polar surface area (TPSA) is 83.9 Å². The molecule has 0 fully saturated rings. The number of aromatic hydroxyl groups is 1. The first kappa shape index (κ1) is 13.2. The molecule has 2 aromatic rings. The Kier molecular flexibility index (Phi) is 3.33. The van der Waals surface area contributed by atoms with Crippen molar-refractivity contribution in [2.24, 2.45) is 5.92 Å². The maximum absolute atomic E-state index is 12.2. The lowest BCUT2D eigenvalue weighted by molar-refractivity contribution is 0.0690. The SMILES string of the molecule is CC(C)CCn1c(=O)c(C(=O)O)c(O)c2cccn21. The van der Waals surface area contributed by atoms with Crippen molar-refractivity contribution in [1.29, 1.82) is 0 Å². The fourth-order valence-corrected chi connectivity index (χ4v) is 2.01. The molecule has 2 N–H and O–H groups in total. The first-order valence-electron chi connectivity index (χ1n) is 6.10. The maximum atomic E-state index is 12.2. The van der Waals surface area contributed by atoms with Gasteiger partial charge in [-0.05, 0) is 24.5 Å². The number of rotatable bonds is 4. The minimum absolute atomic E-state index is 0.320. The predicted molar refractivity (Wildman–Crippen MR) is 69.7 cm³/mol. The van der Waals surface area contributed by atoms with Crippen LogP contribution in [0.1, 0.15) is 30.6 Å². The summed E-state index contributed by atoms with van der Waals surface area (Å²) in [4.78, 5) is 23.3. The Morgan fingerprint density at radius 2 is 2.11 bits per heavy atom. The van der Waals surface area contributed by atoms with E-state index in [0.717, 1.165) is 6.42 Å². The summed E-state index contributed by atoms with van der Waals surface area (Å²) in [5, 5.41) is 18.9. The van der Waals surface area contributed by atoms with Crippen LogP contribution in [-0.4, -0.2) is 25.4 Å². The second-order valence-corrected chi connectivity index (χ2v) is 4.88. The van der Waals surface area contributed by atoms with Crippen molar-refractivity contribution in [1.82, 2.24) is 9.20 Å². The minimum Gasteiger partial charge on any atom is -0.505 e. The van der Waals surface area contributed by atoms with Crippen LogP contribution >= 0.6 is 0 Å². The fourth-order valence-electron chi connectivity index (χ4n) is 2.01. The van der Waals surface area contributed by atoms with Crippen LogP contribution in [-0.2, 0) is 6.54 Å². The zero-order valence-corrected chi connectivity index (χ0v) is 10.8. The number of hydrogen-bond donors (Lipinski definition) is 2. The van der Waals surface area contributed by atoms with E-state index < -0.39 is 22.8 Å². The summed E-state index contributed by atoms with van der Waals surface area (Å²) in [5.41, 5.74) is -0.940. The molecule has 2 aromatic heterocycles. The Hall–Kier alpha value is -2.24. The van der Waals surface area contributed by atoms with Gasteiger partial charge in [-0.15, -0.1) is 0 Å². The molecule has 0 unspecified atom stereocenters. The van der Waals surface area contributed by atoms with Crippen molar-refractivity contribution in [2.45, 2.75) is 26.8 Å². The Balaban J connectivity index is 2.70. The van der Waals surface area contributed by atoms with Crippen LogP contribution in [0.3, 0.4) is 0 Å². The summed E-state index contributed by atoms with van der Waals surface area (Å²) >= 11 is 0. The summed E-state index contributed by atoms with van der Waals surface area (Å²) in [6.07, 6.45) is 2.37. The number of nitrogens with zero attached hydrogens (tertiary/aromatic N) is 2. The maximum Gasteiger partial charge on any atom is 0.345 e. The third kappa shape index (κ3) is 2.21. The summed E-state index contributed by atoms with van der Waals surface area (Å²) < 4.78 is 2.84. The highest BCUT2D eigenvalue weighted by molar-refractivity contribution is 5.93. The van der Waals surface area contributed by atoms with Crippen molar-refractivity contribution in [3.8, 4) is 5.75 Å². The highest BCUT2D eigenvalue weighted by atomic mass is 16.4. The van der Waals surface area contributed by atoms with Gasteiger partial charge in [-0.1, -0.05) is 13.8 Å². The second-order valence-electron chi connectivity index (χ2n) is 4.88. The molecule has 0 aromatic carbocycles. The molecule has 102 valence electrons. The zero-order chi connectivity index (χ0) is 14.2. The molecule has 0 aliphatic carbocycles. The van der Waals surface area contributed by atoms with Crippen molar-refractivity contribution in [2.75, 3.05) is 0 Å². The van der Waals surface area contributed by atoms with E-state index in [0.29, 0.717) is 18.0 Å². The molecule has 0 radical (unpaired) electrons. The molecule has 6 heteroatoms. The molecular formula is C13H16N2O4. The second kappa shape index (κ2) is 4.79. The van der Waals surface area contributed by atoms with Gasteiger partial charge in [0.1, 0.15) is 5.52 Å².